The zero-order valence-corrected chi connectivity index (χ0v) is 14.0. The van der Waals surface area contributed by atoms with Crippen LogP contribution in [0.3, 0.4) is 0 Å². The number of methoxy groups -OCH3 is 1. The van der Waals surface area contributed by atoms with Gasteiger partial charge in [-0.05, 0) is 31.0 Å². The summed E-state index contributed by atoms with van der Waals surface area (Å²) >= 11 is 0. The predicted octanol–water partition coefficient (Wildman–Crippen LogP) is 2.64. The molecule has 6 heteroatoms. The lowest BCUT2D eigenvalue weighted by atomic mass is 9.64. The molecule has 1 aromatic carbocycles. The first kappa shape index (κ1) is 17.0. The number of para-hydroxylation sites is 1. The highest BCUT2D eigenvalue weighted by Gasteiger charge is 2.40. The van der Waals surface area contributed by atoms with Gasteiger partial charge >= 0.3 is 5.97 Å². The number of carbonyl (C=O) groups is 2. The Bertz CT molecular complexity index is 800. The maximum absolute atomic E-state index is 12.4. The Kier molecular flexibility index (Phi) is 4.70. The molecule has 0 spiro atoms. The van der Waals surface area contributed by atoms with Crippen molar-refractivity contribution < 1.29 is 19.4 Å². The van der Waals surface area contributed by atoms with Crippen LogP contribution in [0.25, 0.3) is 0 Å². The van der Waals surface area contributed by atoms with Crippen molar-refractivity contribution in [3.8, 4) is 5.75 Å². The summed E-state index contributed by atoms with van der Waals surface area (Å²) in [6, 6.07) is 12.2. The van der Waals surface area contributed by atoms with E-state index in [4.69, 9.17) is 9.84 Å². The maximum Gasteiger partial charge on any atom is 0.354 e. The molecule has 25 heavy (non-hydrogen) atoms. The third kappa shape index (κ3) is 3.33. The molecular weight excluding hydrogens is 320 g/mol. The second kappa shape index (κ2) is 6.93. The molecule has 1 aliphatic rings. The van der Waals surface area contributed by atoms with Crippen LogP contribution in [-0.4, -0.2) is 35.6 Å². The normalized spacial score (nSPS) is 15.1. The third-order valence-corrected chi connectivity index (χ3v) is 4.78. The van der Waals surface area contributed by atoms with E-state index < -0.39 is 5.97 Å². The lowest BCUT2D eigenvalue weighted by Gasteiger charge is -2.43. The first-order chi connectivity index (χ1) is 12.1. The molecule has 0 unspecified atom stereocenters. The Balaban J connectivity index is 1.76. The van der Waals surface area contributed by atoms with Gasteiger partial charge in [-0.1, -0.05) is 30.7 Å². The molecule has 0 atom stereocenters. The largest absolute Gasteiger partial charge is 0.496 e. The zero-order chi connectivity index (χ0) is 17.9. The molecule has 1 aliphatic carbocycles. The zero-order valence-electron chi connectivity index (χ0n) is 14.0. The number of nitrogens with one attached hydrogen (secondary N) is 1. The van der Waals surface area contributed by atoms with Gasteiger partial charge in [-0.25, -0.2) is 9.78 Å². The van der Waals surface area contributed by atoms with Crippen LogP contribution in [0.4, 0.5) is 0 Å². The molecule has 6 nitrogen and oxygen atoms in total. The fraction of sp³-hybridized carbons (Fsp3) is 0.316. The quantitative estimate of drug-likeness (QED) is 0.844. The van der Waals surface area contributed by atoms with E-state index in [1.165, 1.54) is 18.2 Å². The number of hydrogen-bond acceptors (Lipinski definition) is 4. The van der Waals surface area contributed by atoms with Gasteiger partial charge in [-0.2, -0.15) is 0 Å². The van der Waals surface area contributed by atoms with Crippen molar-refractivity contribution in [1.82, 2.24) is 10.3 Å². The number of ether oxygens (including phenoxy) is 1. The fourth-order valence-corrected chi connectivity index (χ4v) is 3.25. The topological polar surface area (TPSA) is 88.5 Å². The van der Waals surface area contributed by atoms with Crippen molar-refractivity contribution in [2.45, 2.75) is 24.7 Å². The highest BCUT2D eigenvalue weighted by Crippen LogP contribution is 2.46. The van der Waals surface area contributed by atoms with Gasteiger partial charge in [0.15, 0.2) is 0 Å². The van der Waals surface area contributed by atoms with E-state index in [1.807, 2.05) is 24.3 Å². The average molecular weight is 340 g/mol. The van der Waals surface area contributed by atoms with Gasteiger partial charge in [0.2, 0.25) is 0 Å². The van der Waals surface area contributed by atoms with Crippen molar-refractivity contribution in [1.29, 1.82) is 0 Å². The average Bonchev–Trinajstić information content (AvgIpc) is 2.61. The molecule has 2 N–H and O–H groups in total. The van der Waals surface area contributed by atoms with Gasteiger partial charge in [0, 0.05) is 17.5 Å². The molecule has 1 aromatic heterocycles. The molecule has 3 rings (SSSR count). The Morgan fingerprint density at radius 3 is 2.52 bits per heavy atom. The number of rotatable bonds is 6. The molecule has 0 saturated heterocycles. The Morgan fingerprint density at radius 2 is 1.88 bits per heavy atom. The van der Waals surface area contributed by atoms with Gasteiger partial charge in [0.05, 0.1) is 7.11 Å². The SMILES string of the molecule is COc1ccccc1C1(CNC(=O)c2cccc(C(=O)O)n2)CCC1. The number of carboxylic acid groups (broad SMARTS) is 1. The Labute approximate surface area is 145 Å². The van der Waals surface area contributed by atoms with E-state index in [-0.39, 0.29) is 22.7 Å². The number of carboxylic acids is 1. The van der Waals surface area contributed by atoms with Crippen molar-refractivity contribution in [3.05, 3.63) is 59.4 Å². The van der Waals surface area contributed by atoms with Crippen molar-refractivity contribution in [2.24, 2.45) is 0 Å². The minimum absolute atomic E-state index is 0.106. The lowest BCUT2D eigenvalue weighted by molar-refractivity contribution is 0.0690. The van der Waals surface area contributed by atoms with Gasteiger partial charge in [0.25, 0.3) is 5.91 Å². The summed E-state index contributed by atoms with van der Waals surface area (Å²) in [5.74, 6) is -0.703. The summed E-state index contributed by atoms with van der Waals surface area (Å²) in [6.07, 6.45) is 3.03. The summed E-state index contributed by atoms with van der Waals surface area (Å²) in [7, 11) is 1.64. The summed E-state index contributed by atoms with van der Waals surface area (Å²) in [5, 5.41) is 11.9. The number of nitrogens with zero attached hydrogens (tertiary/aromatic N) is 1. The molecule has 1 heterocycles. The van der Waals surface area contributed by atoms with E-state index in [1.54, 1.807) is 7.11 Å². The van der Waals surface area contributed by atoms with Crippen LogP contribution in [0.5, 0.6) is 5.75 Å². The molecule has 130 valence electrons. The summed E-state index contributed by atoms with van der Waals surface area (Å²) in [4.78, 5) is 27.3. The van der Waals surface area contributed by atoms with Crippen LogP contribution in [0, 0.1) is 0 Å². The predicted molar refractivity (Wildman–Crippen MR) is 92.1 cm³/mol. The van der Waals surface area contributed by atoms with E-state index in [0.717, 1.165) is 30.6 Å². The van der Waals surface area contributed by atoms with Crippen molar-refractivity contribution >= 4 is 11.9 Å². The van der Waals surface area contributed by atoms with Gasteiger partial charge in [-0.3, -0.25) is 4.79 Å². The number of pyridine rings is 1. The number of hydrogen-bond donors (Lipinski definition) is 2. The second-order valence-electron chi connectivity index (χ2n) is 6.23. The van der Waals surface area contributed by atoms with Crippen LogP contribution in [-0.2, 0) is 5.41 Å². The van der Waals surface area contributed by atoms with Gasteiger partial charge in [0.1, 0.15) is 17.1 Å². The van der Waals surface area contributed by atoms with Crippen LogP contribution in [0.2, 0.25) is 0 Å². The van der Waals surface area contributed by atoms with E-state index in [0.29, 0.717) is 6.54 Å². The van der Waals surface area contributed by atoms with Crippen molar-refractivity contribution in [3.63, 3.8) is 0 Å². The van der Waals surface area contributed by atoms with Crippen LogP contribution in [0.1, 0.15) is 45.8 Å². The third-order valence-electron chi connectivity index (χ3n) is 4.78. The van der Waals surface area contributed by atoms with E-state index >= 15 is 0 Å². The standard InChI is InChI=1S/C19H20N2O4/c1-25-16-9-3-2-6-13(16)19(10-5-11-19)12-20-17(22)14-7-4-8-15(21-14)18(23)24/h2-4,6-9H,5,10-12H2,1H3,(H,20,22)(H,23,24). The van der Waals surface area contributed by atoms with Crippen LogP contribution in [0.15, 0.2) is 42.5 Å². The highest BCUT2D eigenvalue weighted by molar-refractivity contribution is 5.94. The molecule has 0 aliphatic heterocycles. The molecule has 1 fully saturated rings. The Morgan fingerprint density at radius 1 is 1.16 bits per heavy atom. The Hall–Kier alpha value is -2.89. The van der Waals surface area contributed by atoms with E-state index in [2.05, 4.69) is 10.3 Å². The minimum atomic E-state index is -1.15. The number of aromatic carboxylic acids is 1. The highest BCUT2D eigenvalue weighted by atomic mass is 16.5. The summed E-state index contributed by atoms with van der Waals surface area (Å²) in [6.45, 7) is 0.463. The number of amides is 1. The lowest BCUT2D eigenvalue weighted by Crippen LogP contribution is -2.46. The molecule has 0 radical (unpaired) electrons. The van der Waals surface area contributed by atoms with Gasteiger partial charge in [-0.15, -0.1) is 0 Å². The number of benzene rings is 1. The van der Waals surface area contributed by atoms with Crippen LogP contribution < -0.4 is 10.1 Å². The summed E-state index contributed by atoms with van der Waals surface area (Å²) in [5.41, 5.74) is 0.911. The number of aromatic nitrogens is 1. The first-order valence-electron chi connectivity index (χ1n) is 8.18. The maximum atomic E-state index is 12.4. The monoisotopic (exact) mass is 340 g/mol. The minimum Gasteiger partial charge on any atom is -0.496 e. The fourth-order valence-electron chi connectivity index (χ4n) is 3.25. The van der Waals surface area contributed by atoms with E-state index in [9.17, 15) is 9.59 Å². The molecule has 1 saturated carbocycles. The van der Waals surface area contributed by atoms with Crippen molar-refractivity contribution in [2.75, 3.05) is 13.7 Å². The molecule has 0 bridgehead atoms. The summed E-state index contributed by atoms with van der Waals surface area (Å²) < 4.78 is 5.47. The van der Waals surface area contributed by atoms with Crippen LogP contribution >= 0.6 is 0 Å². The molecule has 2 aromatic rings. The number of carbonyl (C=O) groups excluding carboxylic acids is 1. The van der Waals surface area contributed by atoms with Gasteiger partial charge < -0.3 is 15.2 Å². The first-order valence-corrected chi connectivity index (χ1v) is 8.18. The second-order valence-corrected chi connectivity index (χ2v) is 6.23. The smallest absolute Gasteiger partial charge is 0.354 e. The molecular formula is C19H20N2O4. The molecule has 1 amide bonds.